The molecule has 1 heterocycles. The topological polar surface area (TPSA) is 75.7 Å². The number of hydrogen-bond donors (Lipinski definition) is 1. The standard InChI is InChI=1S/C9H14N2O4/c1-9(2,15-3)5-11-7(13)4-6(12)10-8(11)14/h4-5H2,1-3H3,(H,10,12,14). The SMILES string of the molecule is COC(C)(C)CN1C(=O)CC(=O)NC1=O. The van der Waals surface area contributed by atoms with Gasteiger partial charge >= 0.3 is 6.03 Å². The minimum atomic E-state index is -0.679. The minimum absolute atomic E-state index is 0.126. The quantitative estimate of drug-likeness (QED) is 0.664. The molecule has 15 heavy (non-hydrogen) atoms. The molecule has 0 atom stereocenters. The smallest absolute Gasteiger partial charge is 0.330 e. The zero-order valence-electron chi connectivity index (χ0n) is 8.99. The van der Waals surface area contributed by atoms with Crippen LogP contribution in [0.25, 0.3) is 0 Å². The molecular weight excluding hydrogens is 200 g/mol. The third-order valence-electron chi connectivity index (χ3n) is 2.20. The van der Waals surface area contributed by atoms with E-state index in [1.165, 1.54) is 7.11 Å². The highest BCUT2D eigenvalue weighted by molar-refractivity contribution is 6.14. The third kappa shape index (κ3) is 2.76. The molecule has 0 aromatic heterocycles. The number of imide groups is 2. The molecule has 0 radical (unpaired) electrons. The van der Waals surface area contributed by atoms with Crippen LogP contribution < -0.4 is 5.32 Å². The largest absolute Gasteiger partial charge is 0.377 e. The van der Waals surface area contributed by atoms with Gasteiger partial charge in [0.25, 0.3) is 0 Å². The van der Waals surface area contributed by atoms with Gasteiger partial charge in [-0.1, -0.05) is 0 Å². The van der Waals surface area contributed by atoms with Crippen molar-refractivity contribution in [2.45, 2.75) is 25.9 Å². The van der Waals surface area contributed by atoms with Crippen LogP contribution in [-0.4, -0.2) is 42.0 Å². The highest BCUT2D eigenvalue weighted by Gasteiger charge is 2.34. The summed E-state index contributed by atoms with van der Waals surface area (Å²) in [5, 5.41) is 2.08. The monoisotopic (exact) mass is 214 g/mol. The van der Waals surface area contributed by atoms with Crippen molar-refractivity contribution in [2.24, 2.45) is 0 Å². The van der Waals surface area contributed by atoms with Crippen molar-refractivity contribution in [3.8, 4) is 0 Å². The van der Waals surface area contributed by atoms with Crippen molar-refractivity contribution in [2.75, 3.05) is 13.7 Å². The normalized spacial score (nSPS) is 18.1. The number of amides is 4. The number of urea groups is 1. The predicted molar refractivity (Wildman–Crippen MR) is 51.0 cm³/mol. The van der Waals surface area contributed by atoms with Crippen molar-refractivity contribution >= 4 is 17.8 Å². The first-order valence-corrected chi connectivity index (χ1v) is 4.55. The third-order valence-corrected chi connectivity index (χ3v) is 2.20. The van der Waals surface area contributed by atoms with Crippen LogP contribution in [0.3, 0.4) is 0 Å². The maximum absolute atomic E-state index is 11.4. The summed E-state index contributed by atoms with van der Waals surface area (Å²) in [7, 11) is 1.50. The molecule has 4 amide bonds. The Kier molecular flexibility index (Phi) is 3.09. The molecule has 0 saturated carbocycles. The lowest BCUT2D eigenvalue weighted by Crippen LogP contribution is -2.56. The Balaban J connectivity index is 2.73. The van der Waals surface area contributed by atoms with Gasteiger partial charge in [-0.25, -0.2) is 4.79 Å². The van der Waals surface area contributed by atoms with Crippen molar-refractivity contribution in [3.05, 3.63) is 0 Å². The Morgan fingerprint density at radius 3 is 2.47 bits per heavy atom. The molecule has 1 aliphatic rings. The van der Waals surface area contributed by atoms with Gasteiger partial charge in [-0.05, 0) is 13.8 Å². The number of methoxy groups -OCH3 is 1. The van der Waals surface area contributed by atoms with Gasteiger partial charge in [-0.2, -0.15) is 0 Å². The molecule has 1 fully saturated rings. The maximum Gasteiger partial charge on any atom is 0.330 e. The van der Waals surface area contributed by atoms with Crippen LogP contribution in [0.1, 0.15) is 20.3 Å². The molecule has 0 aromatic carbocycles. The number of nitrogens with one attached hydrogen (secondary N) is 1. The number of ether oxygens (including phenoxy) is 1. The Hall–Kier alpha value is -1.43. The number of rotatable bonds is 3. The van der Waals surface area contributed by atoms with Crippen LogP contribution in [-0.2, 0) is 14.3 Å². The second-order valence-corrected chi connectivity index (χ2v) is 3.97. The van der Waals surface area contributed by atoms with Gasteiger partial charge in [0.05, 0.1) is 12.1 Å². The zero-order valence-corrected chi connectivity index (χ0v) is 8.99. The van der Waals surface area contributed by atoms with E-state index in [-0.39, 0.29) is 13.0 Å². The fourth-order valence-corrected chi connectivity index (χ4v) is 1.18. The van der Waals surface area contributed by atoms with Gasteiger partial charge < -0.3 is 4.74 Å². The Bertz CT molecular complexity index is 291. The molecule has 6 heteroatoms. The van der Waals surface area contributed by atoms with Crippen molar-refractivity contribution < 1.29 is 19.1 Å². The lowest BCUT2D eigenvalue weighted by atomic mass is 10.1. The number of hydrogen-bond acceptors (Lipinski definition) is 4. The molecular formula is C9H14N2O4. The highest BCUT2D eigenvalue weighted by atomic mass is 16.5. The maximum atomic E-state index is 11.4. The molecule has 6 nitrogen and oxygen atoms in total. The van der Waals surface area contributed by atoms with Crippen LogP contribution in [0.4, 0.5) is 4.79 Å². The van der Waals surface area contributed by atoms with E-state index in [0.29, 0.717) is 0 Å². The summed E-state index contributed by atoms with van der Waals surface area (Å²) >= 11 is 0. The molecule has 1 N–H and O–H groups in total. The number of barbiturate groups is 1. The van der Waals surface area contributed by atoms with E-state index in [2.05, 4.69) is 5.32 Å². The lowest BCUT2D eigenvalue weighted by molar-refractivity contribution is -0.138. The van der Waals surface area contributed by atoms with Crippen LogP contribution in [0, 0.1) is 0 Å². The average molecular weight is 214 g/mol. The summed E-state index contributed by atoms with van der Waals surface area (Å²) in [6, 6.07) is -0.679. The fourth-order valence-electron chi connectivity index (χ4n) is 1.18. The minimum Gasteiger partial charge on any atom is -0.377 e. The van der Waals surface area contributed by atoms with Crippen molar-refractivity contribution in [3.63, 3.8) is 0 Å². The highest BCUT2D eigenvalue weighted by Crippen LogP contribution is 2.13. The van der Waals surface area contributed by atoms with E-state index in [1.54, 1.807) is 13.8 Å². The van der Waals surface area contributed by atoms with Gasteiger partial charge in [-0.15, -0.1) is 0 Å². The molecule has 0 spiro atoms. The summed E-state index contributed by atoms with van der Waals surface area (Å²) in [4.78, 5) is 34.6. The molecule has 0 aromatic rings. The van der Waals surface area contributed by atoms with Crippen LogP contribution in [0.5, 0.6) is 0 Å². The summed E-state index contributed by atoms with van der Waals surface area (Å²) in [6.45, 7) is 3.63. The van der Waals surface area contributed by atoms with Crippen LogP contribution in [0.2, 0.25) is 0 Å². The number of nitrogens with zero attached hydrogens (tertiary/aromatic N) is 1. The second-order valence-electron chi connectivity index (χ2n) is 3.97. The van der Waals surface area contributed by atoms with Gasteiger partial charge in [0.2, 0.25) is 11.8 Å². The van der Waals surface area contributed by atoms with Gasteiger partial charge in [-0.3, -0.25) is 19.8 Å². The van der Waals surface area contributed by atoms with E-state index in [1.807, 2.05) is 0 Å². The van der Waals surface area contributed by atoms with E-state index >= 15 is 0 Å². The van der Waals surface area contributed by atoms with E-state index in [9.17, 15) is 14.4 Å². The first-order valence-electron chi connectivity index (χ1n) is 4.55. The Labute approximate surface area is 87.6 Å². The van der Waals surface area contributed by atoms with E-state index in [0.717, 1.165) is 4.90 Å². The first kappa shape index (κ1) is 11.6. The summed E-state index contributed by atoms with van der Waals surface area (Å²) in [6.07, 6.45) is -0.286. The van der Waals surface area contributed by atoms with Crippen molar-refractivity contribution in [1.82, 2.24) is 10.2 Å². The van der Waals surface area contributed by atoms with Gasteiger partial charge in [0, 0.05) is 7.11 Å². The molecule has 84 valence electrons. The second kappa shape index (κ2) is 3.98. The number of carbonyl (C=O) groups is 3. The predicted octanol–water partition coefficient (Wildman–Crippen LogP) is -0.120. The van der Waals surface area contributed by atoms with Crippen molar-refractivity contribution in [1.29, 1.82) is 0 Å². The molecule has 0 unspecified atom stereocenters. The molecule has 0 bridgehead atoms. The fraction of sp³-hybridized carbons (Fsp3) is 0.667. The molecule has 1 aliphatic heterocycles. The lowest BCUT2D eigenvalue weighted by Gasteiger charge is -2.32. The number of carbonyl (C=O) groups excluding carboxylic acids is 3. The van der Waals surface area contributed by atoms with Gasteiger partial charge in [0.1, 0.15) is 6.42 Å². The summed E-state index contributed by atoms with van der Waals surface area (Å²) in [5.41, 5.74) is -0.618. The van der Waals surface area contributed by atoms with Gasteiger partial charge in [0.15, 0.2) is 0 Å². The van der Waals surface area contributed by atoms with Crippen LogP contribution in [0.15, 0.2) is 0 Å². The van der Waals surface area contributed by atoms with E-state index < -0.39 is 23.4 Å². The van der Waals surface area contributed by atoms with Crippen LogP contribution >= 0.6 is 0 Å². The Morgan fingerprint density at radius 1 is 1.40 bits per heavy atom. The Morgan fingerprint density at radius 2 is 2.00 bits per heavy atom. The summed E-state index contributed by atoms with van der Waals surface area (Å²) in [5.74, 6) is -1.05. The average Bonchev–Trinajstić information content (AvgIpc) is 2.11. The summed E-state index contributed by atoms with van der Waals surface area (Å²) < 4.78 is 5.11. The van der Waals surface area contributed by atoms with E-state index in [4.69, 9.17) is 4.74 Å². The molecule has 1 saturated heterocycles. The molecule has 1 rings (SSSR count). The molecule has 0 aliphatic carbocycles. The zero-order chi connectivity index (χ0) is 11.6. The first-order chi connectivity index (χ1) is 6.85.